The topological polar surface area (TPSA) is 28.1 Å². The number of H-pyrrole nitrogens is 1. The lowest BCUT2D eigenvalue weighted by molar-refractivity contribution is 1.20. The van der Waals surface area contributed by atoms with E-state index in [-0.39, 0.29) is 0 Å². The minimum absolute atomic E-state index is 1.07. The summed E-state index contributed by atoms with van der Waals surface area (Å²) in [5, 5.41) is 0. The standard InChI is InChI=1S/C21H24N2/c1-12-8-7-9-13(2)18(12)19(20-14(3)10-16(5)22-20)21-15(4)11-17(6)23-21/h7-11,22H,1-6H3. The summed E-state index contributed by atoms with van der Waals surface area (Å²) in [5.41, 5.74) is 12.1. The first kappa shape index (κ1) is 15.5. The summed E-state index contributed by atoms with van der Waals surface area (Å²) in [6, 6.07) is 8.68. The SMILES string of the molecule is CC1=CC(C)=NC1=C(c1[nH]c(C)cc1C)c1c(C)cccc1C. The van der Waals surface area contributed by atoms with Gasteiger partial charge in [0.15, 0.2) is 0 Å². The van der Waals surface area contributed by atoms with Crippen LogP contribution in [0, 0.1) is 27.7 Å². The van der Waals surface area contributed by atoms with E-state index in [2.05, 4.69) is 76.9 Å². The average molecular weight is 304 g/mol. The molecular weight excluding hydrogens is 280 g/mol. The van der Waals surface area contributed by atoms with Crippen LogP contribution >= 0.6 is 0 Å². The molecule has 0 fully saturated rings. The van der Waals surface area contributed by atoms with Gasteiger partial charge in [0, 0.05) is 17.0 Å². The monoisotopic (exact) mass is 304 g/mol. The molecular formula is C21H24N2. The molecule has 2 aromatic rings. The third kappa shape index (κ3) is 2.70. The average Bonchev–Trinajstić information content (AvgIpc) is 2.96. The Morgan fingerprint density at radius 3 is 2.04 bits per heavy atom. The summed E-state index contributed by atoms with van der Waals surface area (Å²) in [5.74, 6) is 0. The lowest BCUT2D eigenvalue weighted by Crippen LogP contribution is -2.01. The normalized spacial score (nSPS) is 16.4. The number of aryl methyl sites for hydroxylation is 4. The number of allylic oxidation sites excluding steroid dienone is 2. The molecule has 2 nitrogen and oxygen atoms in total. The molecule has 0 bridgehead atoms. The highest BCUT2D eigenvalue weighted by atomic mass is 14.8. The van der Waals surface area contributed by atoms with Crippen LogP contribution in [-0.2, 0) is 0 Å². The third-order valence-electron chi connectivity index (χ3n) is 4.45. The summed E-state index contributed by atoms with van der Waals surface area (Å²) < 4.78 is 0. The molecule has 1 N–H and O–H groups in total. The first-order valence-electron chi connectivity index (χ1n) is 8.10. The molecule has 3 rings (SSSR count). The molecule has 0 radical (unpaired) electrons. The van der Waals surface area contributed by atoms with Crippen molar-refractivity contribution in [1.82, 2.24) is 4.98 Å². The highest BCUT2D eigenvalue weighted by Gasteiger charge is 2.22. The van der Waals surface area contributed by atoms with Crippen LogP contribution in [0.15, 0.2) is 46.6 Å². The molecule has 2 heteroatoms. The molecule has 0 spiro atoms. The fourth-order valence-corrected chi connectivity index (χ4v) is 3.49. The van der Waals surface area contributed by atoms with Gasteiger partial charge in [0.05, 0.1) is 11.4 Å². The molecule has 0 amide bonds. The molecule has 1 aromatic heterocycles. The van der Waals surface area contributed by atoms with E-state index in [1.54, 1.807) is 0 Å². The maximum atomic E-state index is 4.84. The van der Waals surface area contributed by atoms with Crippen LogP contribution in [0.1, 0.15) is 47.5 Å². The van der Waals surface area contributed by atoms with E-state index >= 15 is 0 Å². The second kappa shape index (κ2) is 5.69. The van der Waals surface area contributed by atoms with Crippen LogP contribution in [0.5, 0.6) is 0 Å². The summed E-state index contributed by atoms with van der Waals surface area (Å²) in [6.45, 7) is 12.8. The lowest BCUT2D eigenvalue weighted by Gasteiger charge is -2.17. The quantitative estimate of drug-likeness (QED) is 0.766. The van der Waals surface area contributed by atoms with Crippen LogP contribution in [-0.4, -0.2) is 10.7 Å². The maximum Gasteiger partial charge on any atom is 0.0762 e. The van der Waals surface area contributed by atoms with Gasteiger partial charge in [-0.05, 0) is 81.5 Å². The van der Waals surface area contributed by atoms with E-state index in [1.165, 1.54) is 44.8 Å². The second-order valence-corrected chi connectivity index (χ2v) is 6.58. The van der Waals surface area contributed by atoms with Gasteiger partial charge in [-0.2, -0.15) is 0 Å². The van der Waals surface area contributed by atoms with Gasteiger partial charge < -0.3 is 4.98 Å². The van der Waals surface area contributed by atoms with Crippen molar-refractivity contribution in [3.63, 3.8) is 0 Å². The predicted octanol–water partition coefficient (Wildman–Crippen LogP) is 5.43. The van der Waals surface area contributed by atoms with E-state index < -0.39 is 0 Å². The number of aliphatic imine (C=N–C) groups is 1. The number of aromatic amines is 1. The predicted molar refractivity (Wildman–Crippen MR) is 99.1 cm³/mol. The Labute approximate surface area is 138 Å². The Kier molecular flexibility index (Phi) is 3.85. The Hall–Kier alpha value is -2.35. The van der Waals surface area contributed by atoms with Crippen molar-refractivity contribution >= 4 is 11.3 Å². The number of hydrogen-bond donors (Lipinski definition) is 1. The zero-order chi connectivity index (χ0) is 16.7. The Morgan fingerprint density at radius 2 is 1.57 bits per heavy atom. The van der Waals surface area contributed by atoms with E-state index in [9.17, 15) is 0 Å². The van der Waals surface area contributed by atoms with Crippen LogP contribution in [0.4, 0.5) is 0 Å². The number of rotatable bonds is 2. The summed E-state index contributed by atoms with van der Waals surface area (Å²) in [6.07, 6.45) is 2.16. The molecule has 1 aliphatic heterocycles. The first-order valence-corrected chi connectivity index (χ1v) is 8.10. The molecule has 118 valence electrons. The summed E-state index contributed by atoms with van der Waals surface area (Å²) in [4.78, 5) is 8.39. The van der Waals surface area contributed by atoms with Crippen molar-refractivity contribution in [2.75, 3.05) is 0 Å². The van der Waals surface area contributed by atoms with Gasteiger partial charge in [-0.15, -0.1) is 0 Å². The zero-order valence-corrected chi connectivity index (χ0v) is 14.8. The summed E-state index contributed by atoms with van der Waals surface area (Å²) >= 11 is 0. The maximum absolute atomic E-state index is 4.84. The van der Waals surface area contributed by atoms with Crippen molar-refractivity contribution < 1.29 is 0 Å². The Morgan fingerprint density at radius 1 is 0.913 bits per heavy atom. The van der Waals surface area contributed by atoms with E-state index in [0.717, 1.165) is 11.4 Å². The molecule has 1 aliphatic rings. The summed E-state index contributed by atoms with van der Waals surface area (Å²) in [7, 11) is 0. The van der Waals surface area contributed by atoms with E-state index in [1.807, 2.05) is 0 Å². The molecule has 0 unspecified atom stereocenters. The van der Waals surface area contributed by atoms with Gasteiger partial charge in [0.1, 0.15) is 0 Å². The molecule has 0 saturated heterocycles. The van der Waals surface area contributed by atoms with Gasteiger partial charge >= 0.3 is 0 Å². The highest BCUT2D eigenvalue weighted by molar-refractivity contribution is 6.01. The molecule has 0 atom stereocenters. The smallest absolute Gasteiger partial charge is 0.0762 e. The molecule has 2 heterocycles. The lowest BCUT2D eigenvalue weighted by atomic mass is 9.90. The van der Waals surface area contributed by atoms with Crippen molar-refractivity contribution in [1.29, 1.82) is 0 Å². The van der Waals surface area contributed by atoms with Crippen molar-refractivity contribution in [2.24, 2.45) is 4.99 Å². The number of nitrogens with one attached hydrogen (secondary N) is 1. The number of nitrogens with zero attached hydrogens (tertiary/aromatic N) is 1. The van der Waals surface area contributed by atoms with Crippen molar-refractivity contribution in [3.05, 3.63) is 75.3 Å². The minimum Gasteiger partial charge on any atom is -0.358 e. The van der Waals surface area contributed by atoms with Crippen molar-refractivity contribution in [3.8, 4) is 0 Å². The fraction of sp³-hybridized carbons (Fsp3) is 0.286. The van der Waals surface area contributed by atoms with E-state index in [0.29, 0.717) is 0 Å². The van der Waals surface area contributed by atoms with Gasteiger partial charge in [-0.25, -0.2) is 0 Å². The van der Waals surface area contributed by atoms with E-state index in [4.69, 9.17) is 4.99 Å². The van der Waals surface area contributed by atoms with Gasteiger partial charge in [-0.3, -0.25) is 4.99 Å². The van der Waals surface area contributed by atoms with Gasteiger partial charge in [-0.1, -0.05) is 18.2 Å². The molecule has 23 heavy (non-hydrogen) atoms. The van der Waals surface area contributed by atoms with Gasteiger partial charge in [0.25, 0.3) is 0 Å². The minimum atomic E-state index is 1.07. The number of benzene rings is 1. The van der Waals surface area contributed by atoms with Crippen LogP contribution in [0.25, 0.3) is 5.57 Å². The van der Waals surface area contributed by atoms with Crippen LogP contribution in [0.3, 0.4) is 0 Å². The molecule has 0 saturated carbocycles. The largest absolute Gasteiger partial charge is 0.358 e. The molecule has 1 aromatic carbocycles. The second-order valence-electron chi connectivity index (χ2n) is 6.58. The Balaban J connectivity index is 2.40. The Bertz CT molecular complexity index is 853. The third-order valence-corrected chi connectivity index (χ3v) is 4.45. The number of aromatic nitrogens is 1. The zero-order valence-electron chi connectivity index (χ0n) is 14.8. The fourth-order valence-electron chi connectivity index (χ4n) is 3.49. The highest BCUT2D eigenvalue weighted by Crippen LogP contribution is 2.37. The molecule has 0 aliphatic carbocycles. The van der Waals surface area contributed by atoms with Gasteiger partial charge in [0.2, 0.25) is 0 Å². The van der Waals surface area contributed by atoms with Crippen molar-refractivity contribution in [2.45, 2.75) is 41.5 Å². The van der Waals surface area contributed by atoms with Crippen LogP contribution in [0.2, 0.25) is 0 Å². The number of hydrogen-bond acceptors (Lipinski definition) is 1. The van der Waals surface area contributed by atoms with Crippen LogP contribution < -0.4 is 0 Å². The first-order chi connectivity index (χ1) is 10.9.